The zero-order valence-corrected chi connectivity index (χ0v) is 15.8. The maximum absolute atomic E-state index is 12.4. The van der Waals surface area contributed by atoms with Crippen molar-refractivity contribution in [3.8, 4) is 11.5 Å². The number of ether oxygens (including phenoxy) is 2. The average molecular weight is 404 g/mol. The first-order valence-electron chi connectivity index (χ1n) is 8.21. The number of halogens is 1. The van der Waals surface area contributed by atoms with Crippen LogP contribution >= 0.6 is 15.9 Å². The zero-order valence-electron chi connectivity index (χ0n) is 14.3. The Morgan fingerprint density at radius 2 is 1.96 bits per heavy atom. The van der Waals surface area contributed by atoms with E-state index in [-0.39, 0.29) is 5.91 Å². The van der Waals surface area contributed by atoms with E-state index in [0.29, 0.717) is 24.5 Å². The molecule has 0 radical (unpaired) electrons. The standard InChI is InChI=1S/C20H22BrNO3/c1-3-5-13-25-19-11-6-15(14-18(19)21)20(23)22-16-7-9-17(10-8-16)24-12-4-2/h4,6-11,14H,2-3,5,12-13H2,1H3,(H,22,23). The second-order valence-corrected chi connectivity index (χ2v) is 6.28. The molecule has 5 heteroatoms. The van der Waals surface area contributed by atoms with E-state index in [4.69, 9.17) is 9.47 Å². The lowest BCUT2D eigenvalue weighted by molar-refractivity contribution is 0.102. The highest BCUT2D eigenvalue weighted by molar-refractivity contribution is 9.10. The van der Waals surface area contributed by atoms with Gasteiger partial charge in [-0.15, -0.1) is 0 Å². The van der Waals surface area contributed by atoms with Crippen LogP contribution < -0.4 is 14.8 Å². The molecule has 0 spiro atoms. The summed E-state index contributed by atoms with van der Waals surface area (Å²) in [6.07, 6.45) is 3.76. The molecular formula is C20H22BrNO3. The minimum atomic E-state index is -0.180. The summed E-state index contributed by atoms with van der Waals surface area (Å²) in [4.78, 5) is 12.4. The molecule has 1 amide bonds. The quantitative estimate of drug-likeness (QED) is 0.447. The maximum Gasteiger partial charge on any atom is 0.255 e. The number of anilines is 1. The summed E-state index contributed by atoms with van der Waals surface area (Å²) in [7, 11) is 0. The predicted octanol–water partition coefficient (Wildman–Crippen LogP) is 5.45. The average Bonchev–Trinajstić information content (AvgIpc) is 2.62. The van der Waals surface area contributed by atoms with Crippen molar-refractivity contribution in [2.45, 2.75) is 19.8 Å². The van der Waals surface area contributed by atoms with E-state index < -0.39 is 0 Å². The molecule has 2 rings (SSSR count). The van der Waals surface area contributed by atoms with Crippen molar-refractivity contribution in [1.82, 2.24) is 0 Å². The highest BCUT2D eigenvalue weighted by atomic mass is 79.9. The third kappa shape index (κ3) is 5.94. The number of rotatable bonds is 9. The molecular weight excluding hydrogens is 382 g/mol. The molecule has 0 bridgehead atoms. The van der Waals surface area contributed by atoms with Gasteiger partial charge >= 0.3 is 0 Å². The second-order valence-electron chi connectivity index (χ2n) is 5.43. The molecule has 132 valence electrons. The first-order chi connectivity index (χ1) is 12.1. The third-order valence-electron chi connectivity index (χ3n) is 3.43. The molecule has 0 aliphatic heterocycles. The van der Waals surface area contributed by atoms with E-state index in [9.17, 15) is 4.79 Å². The number of amides is 1. The van der Waals surface area contributed by atoms with Crippen LogP contribution in [0.4, 0.5) is 5.69 Å². The topological polar surface area (TPSA) is 47.6 Å². The van der Waals surface area contributed by atoms with E-state index in [1.807, 2.05) is 0 Å². The molecule has 2 aromatic rings. The summed E-state index contributed by atoms with van der Waals surface area (Å²) in [6, 6.07) is 12.5. The van der Waals surface area contributed by atoms with Crippen LogP contribution in [0, 0.1) is 0 Å². The minimum absolute atomic E-state index is 0.180. The van der Waals surface area contributed by atoms with Gasteiger partial charge in [-0.1, -0.05) is 26.0 Å². The molecule has 25 heavy (non-hydrogen) atoms. The normalized spacial score (nSPS) is 10.2. The highest BCUT2D eigenvalue weighted by Gasteiger charge is 2.10. The van der Waals surface area contributed by atoms with Crippen molar-refractivity contribution >= 4 is 27.5 Å². The summed E-state index contributed by atoms with van der Waals surface area (Å²) in [6.45, 7) is 6.84. The van der Waals surface area contributed by atoms with Crippen LogP contribution in [-0.4, -0.2) is 19.1 Å². The Labute approximate surface area is 157 Å². The molecule has 0 saturated carbocycles. The van der Waals surface area contributed by atoms with Gasteiger partial charge in [0.25, 0.3) is 5.91 Å². The van der Waals surface area contributed by atoms with Crippen LogP contribution in [0.25, 0.3) is 0 Å². The summed E-state index contributed by atoms with van der Waals surface area (Å²) in [5.74, 6) is 1.29. The van der Waals surface area contributed by atoms with Gasteiger partial charge in [0.05, 0.1) is 11.1 Å². The van der Waals surface area contributed by atoms with Crippen LogP contribution in [0.1, 0.15) is 30.1 Å². The van der Waals surface area contributed by atoms with Crippen molar-refractivity contribution in [3.05, 3.63) is 65.2 Å². The van der Waals surface area contributed by atoms with Gasteiger partial charge in [-0.25, -0.2) is 0 Å². The smallest absolute Gasteiger partial charge is 0.255 e. The fourth-order valence-corrected chi connectivity index (χ4v) is 2.57. The van der Waals surface area contributed by atoms with Gasteiger partial charge in [0.1, 0.15) is 18.1 Å². The van der Waals surface area contributed by atoms with Crippen molar-refractivity contribution in [3.63, 3.8) is 0 Å². The van der Waals surface area contributed by atoms with Gasteiger partial charge in [0, 0.05) is 11.3 Å². The number of unbranched alkanes of at least 4 members (excludes halogenated alkanes) is 1. The molecule has 1 N–H and O–H groups in total. The number of nitrogens with one attached hydrogen (secondary N) is 1. The van der Waals surface area contributed by atoms with E-state index in [0.717, 1.165) is 28.8 Å². The van der Waals surface area contributed by atoms with Gasteiger partial charge in [-0.3, -0.25) is 4.79 Å². The van der Waals surface area contributed by atoms with Crippen molar-refractivity contribution in [2.75, 3.05) is 18.5 Å². The number of hydrogen-bond acceptors (Lipinski definition) is 3. The Hall–Kier alpha value is -2.27. The lowest BCUT2D eigenvalue weighted by Crippen LogP contribution is -2.12. The van der Waals surface area contributed by atoms with Crippen LogP contribution in [-0.2, 0) is 0 Å². The number of hydrogen-bond donors (Lipinski definition) is 1. The Bertz CT molecular complexity index is 713. The van der Waals surface area contributed by atoms with Gasteiger partial charge in [0.2, 0.25) is 0 Å². The Morgan fingerprint density at radius 3 is 2.60 bits per heavy atom. The lowest BCUT2D eigenvalue weighted by Gasteiger charge is -2.10. The third-order valence-corrected chi connectivity index (χ3v) is 4.05. The molecule has 2 aromatic carbocycles. The van der Waals surface area contributed by atoms with Crippen LogP contribution in [0.2, 0.25) is 0 Å². The Balaban J connectivity index is 1.98. The summed E-state index contributed by atoms with van der Waals surface area (Å²) < 4.78 is 11.9. The largest absolute Gasteiger partial charge is 0.492 e. The molecule has 0 saturated heterocycles. The maximum atomic E-state index is 12.4. The molecule has 0 atom stereocenters. The van der Waals surface area contributed by atoms with Crippen molar-refractivity contribution in [2.24, 2.45) is 0 Å². The second kappa shape index (κ2) is 9.89. The first-order valence-corrected chi connectivity index (χ1v) is 9.00. The van der Waals surface area contributed by atoms with Crippen molar-refractivity contribution in [1.29, 1.82) is 0 Å². The summed E-state index contributed by atoms with van der Waals surface area (Å²) in [5.41, 5.74) is 1.26. The molecule has 4 nitrogen and oxygen atoms in total. The monoisotopic (exact) mass is 403 g/mol. The number of carbonyl (C=O) groups is 1. The summed E-state index contributed by atoms with van der Waals surface area (Å²) >= 11 is 3.46. The van der Waals surface area contributed by atoms with Gasteiger partial charge in [-0.2, -0.15) is 0 Å². The van der Waals surface area contributed by atoms with E-state index in [2.05, 4.69) is 34.7 Å². The lowest BCUT2D eigenvalue weighted by atomic mass is 10.2. The predicted molar refractivity (Wildman–Crippen MR) is 105 cm³/mol. The minimum Gasteiger partial charge on any atom is -0.492 e. The van der Waals surface area contributed by atoms with E-state index in [1.165, 1.54) is 0 Å². The van der Waals surface area contributed by atoms with Crippen LogP contribution in [0.15, 0.2) is 59.6 Å². The first kappa shape index (κ1) is 19.1. The Kier molecular flexibility index (Phi) is 7.54. The van der Waals surface area contributed by atoms with E-state index in [1.54, 1.807) is 48.5 Å². The molecule has 0 unspecified atom stereocenters. The van der Waals surface area contributed by atoms with Crippen molar-refractivity contribution < 1.29 is 14.3 Å². The molecule has 0 aliphatic carbocycles. The number of carbonyl (C=O) groups excluding carboxylic acids is 1. The summed E-state index contributed by atoms with van der Waals surface area (Å²) in [5, 5.41) is 2.86. The van der Waals surface area contributed by atoms with Gasteiger partial charge in [0.15, 0.2) is 0 Å². The SMILES string of the molecule is C=CCOc1ccc(NC(=O)c2ccc(OCCCC)c(Br)c2)cc1. The molecule has 0 heterocycles. The fraction of sp³-hybridized carbons (Fsp3) is 0.250. The molecule has 0 aliphatic rings. The van der Waals surface area contributed by atoms with Gasteiger partial charge in [-0.05, 0) is 64.8 Å². The van der Waals surface area contributed by atoms with Gasteiger partial charge < -0.3 is 14.8 Å². The Morgan fingerprint density at radius 1 is 1.20 bits per heavy atom. The molecule has 0 aromatic heterocycles. The highest BCUT2D eigenvalue weighted by Crippen LogP contribution is 2.27. The van der Waals surface area contributed by atoms with E-state index >= 15 is 0 Å². The fourth-order valence-electron chi connectivity index (χ4n) is 2.08. The zero-order chi connectivity index (χ0) is 18.1. The molecule has 0 fully saturated rings. The van der Waals surface area contributed by atoms with Crippen LogP contribution in [0.3, 0.4) is 0 Å². The number of benzene rings is 2. The van der Waals surface area contributed by atoms with Crippen LogP contribution in [0.5, 0.6) is 11.5 Å².